The number of nitrogens with zero attached hydrogens (tertiary/aromatic N) is 3. The van der Waals surface area contributed by atoms with Crippen molar-refractivity contribution in [1.82, 2.24) is 10.3 Å². The molecule has 3 atom stereocenters. The van der Waals surface area contributed by atoms with E-state index in [1.807, 2.05) is 73.7 Å². The van der Waals surface area contributed by atoms with Crippen molar-refractivity contribution >= 4 is 40.4 Å². The van der Waals surface area contributed by atoms with Crippen LogP contribution in [0.4, 0.5) is 0 Å². The Kier molecular flexibility index (Phi) is 8.49. The summed E-state index contributed by atoms with van der Waals surface area (Å²) in [5.41, 5.74) is 4.78. The number of amides is 2. The Morgan fingerprint density at radius 1 is 1.07 bits per heavy atom. The zero-order valence-corrected chi connectivity index (χ0v) is 23.5. The van der Waals surface area contributed by atoms with Crippen molar-refractivity contribution in [3.63, 3.8) is 0 Å². The number of nitrogens with one attached hydrogen (secondary N) is 1. The van der Waals surface area contributed by atoms with Crippen LogP contribution in [0.5, 0.6) is 5.75 Å². The highest BCUT2D eigenvalue weighted by atomic mass is 32.2. The van der Waals surface area contributed by atoms with E-state index >= 15 is 0 Å². The van der Waals surface area contributed by atoms with Gasteiger partial charge in [0.25, 0.3) is 5.91 Å². The Bertz CT molecular complexity index is 1490. The lowest BCUT2D eigenvalue weighted by atomic mass is 9.98. The second kappa shape index (κ2) is 12.4. The molecule has 0 radical (unpaired) electrons. The van der Waals surface area contributed by atoms with E-state index in [1.54, 1.807) is 24.3 Å². The first kappa shape index (κ1) is 28.1. The van der Waals surface area contributed by atoms with Gasteiger partial charge in [-0.15, -0.1) is 0 Å². The molecule has 3 aromatic carbocycles. The third-order valence-electron chi connectivity index (χ3n) is 7.01. The first-order valence-electron chi connectivity index (χ1n) is 13.2. The van der Waals surface area contributed by atoms with Crippen LogP contribution < -0.4 is 10.1 Å². The Morgan fingerprint density at radius 2 is 1.78 bits per heavy atom. The van der Waals surface area contributed by atoms with Crippen molar-refractivity contribution < 1.29 is 24.2 Å². The highest BCUT2D eigenvalue weighted by Gasteiger charge is 2.39. The van der Waals surface area contributed by atoms with Crippen molar-refractivity contribution in [3.05, 3.63) is 101 Å². The molecule has 2 aliphatic rings. The van der Waals surface area contributed by atoms with Gasteiger partial charge in [0.05, 0.1) is 18.9 Å². The van der Waals surface area contributed by atoms with Crippen LogP contribution in [0.15, 0.2) is 89.0 Å². The number of carboxylic acids is 1. The number of carbonyl (C=O) groups is 3. The number of hydrazone groups is 1. The van der Waals surface area contributed by atoms with Crippen molar-refractivity contribution in [3.8, 4) is 5.75 Å². The lowest BCUT2D eigenvalue weighted by Gasteiger charge is -2.23. The smallest absolute Gasteiger partial charge is 0.326 e. The van der Waals surface area contributed by atoms with Gasteiger partial charge in [-0.2, -0.15) is 10.1 Å². The van der Waals surface area contributed by atoms with E-state index < -0.39 is 29.1 Å². The average molecular weight is 571 g/mol. The van der Waals surface area contributed by atoms with E-state index in [0.717, 1.165) is 33.7 Å². The molecule has 0 saturated heterocycles. The van der Waals surface area contributed by atoms with Crippen molar-refractivity contribution in [2.45, 2.75) is 43.5 Å². The lowest BCUT2D eigenvalue weighted by Crippen LogP contribution is -2.43. The van der Waals surface area contributed by atoms with Gasteiger partial charge < -0.3 is 15.2 Å². The number of thioether (sulfide) groups is 1. The summed E-state index contributed by atoms with van der Waals surface area (Å²) in [6.07, 6.45) is 0.558. The van der Waals surface area contributed by atoms with Crippen LogP contribution in [0.25, 0.3) is 0 Å². The summed E-state index contributed by atoms with van der Waals surface area (Å²) >= 11 is 1.18. The Hall–Kier alpha value is -4.44. The second-order valence-corrected chi connectivity index (χ2v) is 11.1. The molecule has 9 nitrogen and oxygen atoms in total. The number of aliphatic imine (C=N–C) groups is 1. The molecule has 41 heavy (non-hydrogen) atoms. The van der Waals surface area contributed by atoms with Gasteiger partial charge in [-0.05, 0) is 35.7 Å². The number of benzene rings is 3. The number of carboxylic acid groups (broad SMARTS) is 1. The van der Waals surface area contributed by atoms with Crippen molar-refractivity contribution in [2.24, 2.45) is 10.1 Å². The predicted molar refractivity (Wildman–Crippen MR) is 158 cm³/mol. The molecule has 0 spiro atoms. The maximum atomic E-state index is 12.9. The van der Waals surface area contributed by atoms with Crippen LogP contribution in [-0.4, -0.2) is 57.2 Å². The highest BCUT2D eigenvalue weighted by molar-refractivity contribution is 8.15. The average Bonchev–Trinajstić information content (AvgIpc) is 3.57. The standard InChI is InChI=1S/C31H30N4O5S/c1-19-8-10-21(11-9-19)24-17-26(22-12-14-23(40-2)15-13-22)35(34-24)31-33-29(37)27(41-31)18-28(36)32-25(30(38)39)16-20-6-4-3-5-7-20/h3-15,25-27H,16-18H2,1-2H3,(H,32,36)(H,38,39)/t25-,26+,27-/m1/s1. The van der Waals surface area contributed by atoms with E-state index in [9.17, 15) is 19.5 Å². The topological polar surface area (TPSA) is 121 Å². The molecule has 2 N–H and O–H groups in total. The normalized spacial score (nSPS) is 19.0. The van der Waals surface area contributed by atoms with E-state index in [2.05, 4.69) is 10.3 Å². The van der Waals surface area contributed by atoms with E-state index in [4.69, 9.17) is 9.84 Å². The fourth-order valence-corrected chi connectivity index (χ4v) is 5.83. The molecule has 10 heteroatoms. The van der Waals surface area contributed by atoms with Crippen LogP contribution in [0, 0.1) is 6.92 Å². The Balaban J connectivity index is 1.31. The van der Waals surface area contributed by atoms with Crippen molar-refractivity contribution in [2.75, 3.05) is 7.11 Å². The largest absolute Gasteiger partial charge is 0.497 e. The maximum absolute atomic E-state index is 12.9. The van der Waals surface area contributed by atoms with Crippen LogP contribution in [0.3, 0.4) is 0 Å². The molecule has 0 bridgehead atoms. The summed E-state index contributed by atoms with van der Waals surface area (Å²) < 4.78 is 5.31. The third kappa shape index (κ3) is 6.66. The molecule has 0 fully saturated rings. The fourth-order valence-electron chi connectivity index (χ4n) is 4.77. The molecule has 2 aliphatic heterocycles. The summed E-state index contributed by atoms with van der Waals surface area (Å²) in [4.78, 5) is 41.8. The van der Waals surface area contributed by atoms with E-state index in [1.165, 1.54) is 11.8 Å². The van der Waals surface area contributed by atoms with Crippen LogP contribution in [-0.2, 0) is 20.8 Å². The van der Waals surface area contributed by atoms with Gasteiger partial charge in [0.2, 0.25) is 5.91 Å². The van der Waals surface area contributed by atoms with Crippen molar-refractivity contribution in [1.29, 1.82) is 0 Å². The summed E-state index contributed by atoms with van der Waals surface area (Å²) in [5.74, 6) is -1.36. The van der Waals surface area contributed by atoms with Gasteiger partial charge in [-0.3, -0.25) is 9.59 Å². The minimum Gasteiger partial charge on any atom is -0.497 e. The molecule has 0 saturated carbocycles. The van der Waals surface area contributed by atoms with Gasteiger partial charge in [0.15, 0.2) is 5.17 Å². The minimum atomic E-state index is -1.14. The number of carbonyl (C=O) groups excluding carboxylic acids is 2. The molecule has 5 rings (SSSR count). The maximum Gasteiger partial charge on any atom is 0.326 e. The first-order chi connectivity index (χ1) is 19.8. The van der Waals surface area contributed by atoms with Crippen LogP contribution in [0.1, 0.15) is 41.1 Å². The number of rotatable bonds is 9. The van der Waals surface area contributed by atoms with Crippen LogP contribution >= 0.6 is 11.8 Å². The number of hydrogen-bond acceptors (Lipinski definition) is 7. The van der Waals surface area contributed by atoms with E-state index in [0.29, 0.717) is 11.6 Å². The molecular formula is C31H30N4O5S. The predicted octanol–water partition coefficient (Wildman–Crippen LogP) is 4.35. The zero-order valence-electron chi connectivity index (χ0n) is 22.7. The number of ether oxygens (including phenoxy) is 1. The molecule has 0 aromatic heterocycles. The summed E-state index contributed by atoms with van der Waals surface area (Å²) in [5, 5.41) is 18.5. The van der Waals surface area contributed by atoms with Crippen LogP contribution in [0.2, 0.25) is 0 Å². The molecule has 3 aromatic rings. The van der Waals surface area contributed by atoms with Gasteiger partial charge in [0.1, 0.15) is 17.0 Å². The second-order valence-electron chi connectivity index (χ2n) is 9.94. The van der Waals surface area contributed by atoms with Gasteiger partial charge in [-0.25, -0.2) is 9.80 Å². The number of hydrogen-bond donors (Lipinski definition) is 2. The molecular weight excluding hydrogens is 540 g/mol. The summed E-state index contributed by atoms with van der Waals surface area (Å²) in [7, 11) is 1.61. The molecule has 2 heterocycles. The number of methoxy groups -OCH3 is 1. The number of amidine groups is 1. The third-order valence-corrected chi connectivity index (χ3v) is 8.15. The molecule has 2 amide bonds. The van der Waals surface area contributed by atoms with Gasteiger partial charge in [0, 0.05) is 19.3 Å². The fraction of sp³-hybridized carbons (Fsp3) is 0.258. The number of aliphatic carboxylic acids is 1. The quantitative estimate of drug-likeness (QED) is 0.392. The number of aryl methyl sites for hydroxylation is 1. The lowest BCUT2D eigenvalue weighted by molar-refractivity contribution is -0.141. The van der Waals surface area contributed by atoms with E-state index in [-0.39, 0.29) is 18.9 Å². The van der Waals surface area contributed by atoms with Gasteiger partial charge in [-0.1, -0.05) is 84.1 Å². The highest BCUT2D eigenvalue weighted by Crippen LogP contribution is 2.39. The zero-order chi connectivity index (χ0) is 28.9. The minimum absolute atomic E-state index is 0.142. The Morgan fingerprint density at radius 3 is 2.44 bits per heavy atom. The molecule has 210 valence electrons. The first-order valence-corrected chi connectivity index (χ1v) is 14.1. The molecule has 0 aliphatic carbocycles. The monoisotopic (exact) mass is 570 g/mol. The van der Waals surface area contributed by atoms with Gasteiger partial charge >= 0.3 is 5.97 Å². The SMILES string of the molecule is COc1ccc([C@@H]2CC(c3ccc(C)cc3)=NN2C2=NC(=O)[C@@H](CC(=O)N[C@H](Cc3ccccc3)C(=O)O)S2)cc1. The Labute approximate surface area is 242 Å². The summed E-state index contributed by atoms with van der Waals surface area (Å²) in [6, 6.07) is 23.6. The summed E-state index contributed by atoms with van der Waals surface area (Å²) in [6.45, 7) is 2.03. The molecule has 0 unspecified atom stereocenters.